The summed E-state index contributed by atoms with van der Waals surface area (Å²) in [7, 11) is 0. The van der Waals surface area contributed by atoms with Crippen molar-refractivity contribution < 1.29 is 24.5 Å². The van der Waals surface area contributed by atoms with Crippen LogP contribution in [-0.2, 0) is 14.3 Å². The predicted octanol–water partition coefficient (Wildman–Crippen LogP) is 26.2. The van der Waals surface area contributed by atoms with Gasteiger partial charge >= 0.3 is 5.97 Å². The largest absolute Gasteiger partial charge is 0.466 e. The molecule has 0 rings (SSSR count). The highest BCUT2D eigenvalue weighted by Gasteiger charge is 2.18. The van der Waals surface area contributed by atoms with Crippen LogP contribution in [0.5, 0.6) is 0 Å². The predicted molar refractivity (Wildman–Crippen MR) is 389 cm³/mol. The van der Waals surface area contributed by atoms with Gasteiger partial charge in [-0.25, -0.2) is 0 Å². The molecule has 0 aliphatic heterocycles. The highest BCUT2D eigenvalue weighted by atomic mass is 16.5. The van der Waals surface area contributed by atoms with Crippen LogP contribution in [0.2, 0.25) is 0 Å². The Hall–Kier alpha value is -2.44. The molecule has 3 N–H and O–H groups in total. The molecule has 0 heterocycles. The molecular formula is C82H153NO5. The minimum absolute atomic E-state index is 0.00122. The van der Waals surface area contributed by atoms with E-state index in [0.717, 1.165) is 57.8 Å². The second kappa shape index (κ2) is 77.0. The number of amides is 1. The van der Waals surface area contributed by atoms with Crippen LogP contribution in [-0.4, -0.2) is 47.4 Å². The van der Waals surface area contributed by atoms with Gasteiger partial charge in [0.1, 0.15) is 0 Å². The number of ether oxygens (including phenoxy) is 1. The van der Waals surface area contributed by atoms with E-state index in [1.54, 1.807) is 6.08 Å². The maximum absolute atomic E-state index is 12.6. The molecule has 0 radical (unpaired) electrons. The van der Waals surface area contributed by atoms with Crippen LogP contribution in [0.1, 0.15) is 425 Å². The summed E-state index contributed by atoms with van der Waals surface area (Å²) in [6.07, 6.45) is 103. The van der Waals surface area contributed by atoms with Crippen molar-refractivity contribution >= 4 is 11.9 Å². The van der Waals surface area contributed by atoms with Crippen molar-refractivity contribution in [1.82, 2.24) is 5.32 Å². The molecule has 516 valence electrons. The van der Waals surface area contributed by atoms with E-state index in [1.165, 1.54) is 340 Å². The van der Waals surface area contributed by atoms with Crippen molar-refractivity contribution in [2.75, 3.05) is 13.2 Å². The number of carbonyl (C=O) groups is 2. The standard InChI is InChI=1S/C82H153NO5/c1-3-5-7-9-11-13-15-17-18-19-20-21-35-38-41-44-47-51-54-58-62-66-70-74-80(85)79(78-84)83-81(86)75-71-67-63-59-55-52-48-45-42-39-36-33-31-29-27-25-23-22-24-26-28-30-32-34-37-40-43-46-49-53-57-61-65-69-73-77-88-82(87)76-72-68-64-60-56-50-16-14-12-10-8-6-4-2/h8,10,14,16,24,26,30,32,70,74,79-80,84-85H,3-7,9,11-13,15,17-23,25,27-29,31,33-69,71-73,75-78H2,1-2H3,(H,83,86)/b10-8-,16-14-,26-24-,32-30-,74-70+. The summed E-state index contributed by atoms with van der Waals surface area (Å²) >= 11 is 0. The molecule has 6 nitrogen and oxygen atoms in total. The van der Waals surface area contributed by atoms with E-state index in [2.05, 4.69) is 67.8 Å². The molecule has 0 bridgehead atoms. The van der Waals surface area contributed by atoms with Crippen LogP contribution < -0.4 is 5.32 Å². The maximum atomic E-state index is 12.6. The third-order valence-corrected chi connectivity index (χ3v) is 18.2. The van der Waals surface area contributed by atoms with Crippen LogP contribution in [0.15, 0.2) is 60.8 Å². The van der Waals surface area contributed by atoms with E-state index < -0.39 is 12.1 Å². The molecule has 0 spiro atoms. The number of unbranched alkanes of at least 4 members (excludes halogenated alkanes) is 55. The summed E-state index contributed by atoms with van der Waals surface area (Å²) in [5.74, 6) is -0.0603. The van der Waals surface area contributed by atoms with Crippen molar-refractivity contribution in [3.8, 4) is 0 Å². The molecule has 0 fully saturated rings. The van der Waals surface area contributed by atoms with Gasteiger partial charge in [-0.2, -0.15) is 0 Å². The summed E-state index contributed by atoms with van der Waals surface area (Å²) in [4.78, 5) is 24.6. The van der Waals surface area contributed by atoms with E-state index in [0.29, 0.717) is 19.4 Å². The second-order valence-electron chi connectivity index (χ2n) is 27.0. The lowest BCUT2D eigenvalue weighted by Gasteiger charge is -2.20. The van der Waals surface area contributed by atoms with Crippen molar-refractivity contribution in [3.63, 3.8) is 0 Å². The Kier molecular flexibility index (Phi) is 74.9. The number of esters is 1. The van der Waals surface area contributed by atoms with Crippen molar-refractivity contribution in [2.45, 2.75) is 437 Å². The number of aliphatic hydroxyl groups excluding tert-OH is 2. The summed E-state index contributed by atoms with van der Waals surface area (Å²) in [5, 5.41) is 23.3. The zero-order chi connectivity index (χ0) is 63.5. The fourth-order valence-electron chi connectivity index (χ4n) is 12.2. The van der Waals surface area contributed by atoms with Crippen LogP contribution in [0.4, 0.5) is 0 Å². The quantitative estimate of drug-likeness (QED) is 0.0320. The first-order valence-corrected chi connectivity index (χ1v) is 39.6. The van der Waals surface area contributed by atoms with Gasteiger partial charge in [0.25, 0.3) is 0 Å². The van der Waals surface area contributed by atoms with E-state index in [4.69, 9.17) is 4.74 Å². The Balaban J connectivity index is 3.40. The molecule has 0 aromatic rings. The molecule has 0 saturated carbocycles. The molecular weight excluding hydrogens is 1080 g/mol. The molecule has 1 amide bonds. The highest BCUT2D eigenvalue weighted by molar-refractivity contribution is 5.76. The number of allylic oxidation sites excluding steroid dienone is 9. The normalized spacial score (nSPS) is 12.8. The first-order valence-electron chi connectivity index (χ1n) is 39.6. The Morgan fingerprint density at radius 1 is 0.318 bits per heavy atom. The Morgan fingerprint density at radius 3 is 0.909 bits per heavy atom. The second-order valence-corrected chi connectivity index (χ2v) is 27.0. The molecule has 2 atom stereocenters. The maximum Gasteiger partial charge on any atom is 0.305 e. The van der Waals surface area contributed by atoms with Gasteiger partial charge in [-0.3, -0.25) is 9.59 Å². The zero-order valence-corrected chi connectivity index (χ0v) is 59.2. The molecule has 0 aromatic carbocycles. The monoisotopic (exact) mass is 1230 g/mol. The Labute approximate surface area is 549 Å². The summed E-state index contributed by atoms with van der Waals surface area (Å²) in [5.41, 5.74) is 0. The number of aliphatic hydroxyl groups is 2. The van der Waals surface area contributed by atoms with Gasteiger partial charge in [0, 0.05) is 12.8 Å². The van der Waals surface area contributed by atoms with Gasteiger partial charge in [-0.1, -0.05) is 383 Å². The Bertz CT molecular complexity index is 1520. The fourth-order valence-corrected chi connectivity index (χ4v) is 12.2. The van der Waals surface area contributed by atoms with Crippen LogP contribution in [0, 0.1) is 0 Å². The van der Waals surface area contributed by atoms with Gasteiger partial charge < -0.3 is 20.3 Å². The lowest BCUT2D eigenvalue weighted by molar-refractivity contribution is -0.143. The van der Waals surface area contributed by atoms with Crippen LogP contribution >= 0.6 is 0 Å². The number of hydrogen-bond acceptors (Lipinski definition) is 5. The molecule has 88 heavy (non-hydrogen) atoms. The van der Waals surface area contributed by atoms with Crippen LogP contribution in [0.25, 0.3) is 0 Å². The van der Waals surface area contributed by atoms with Crippen molar-refractivity contribution in [1.29, 1.82) is 0 Å². The molecule has 0 aromatic heterocycles. The average molecular weight is 1230 g/mol. The summed E-state index contributed by atoms with van der Waals surface area (Å²) < 4.78 is 5.48. The molecule has 0 aliphatic carbocycles. The third-order valence-electron chi connectivity index (χ3n) is 18.2. The van der Waals surface area contributed by atoms with Gasteiger partial charge in [0.15, 0.2) is 0 Å². The van der Waals surface area contributed by atoms with Crippen molar-refractivity contribution in [2.24, 2.45) is 0 Å². The van der Waals surface area contributed by atoms with Crippen molar-refractivity contribution in [3.05, 3.63) is 60.8 Å². The zero-order valence-electron chi connectivity index (χ0n) is 59.2. The van der Waals surface area contributed by atoms with E-state index in [-0.39, 0.29) is 18.5 Å². The van der Waals surface area contributed by atoms with Gasteiger partial charge in [0.05, 0.1) is 25.4 Å². The molecule has 0 aliphatic rings. The first-order chi connectivity index (χ1) is 43.5. The minimum Gasteiger partial charge on any atom is -0.466 e. The van der Waals surface area contributed by atoms with Gasteiger partial charge in [0.2, 0.25) is 5.91 Å². The first kappa shape index (κ1) is 85.6. The van der Waals surface area contributed by atoms with E-state index in [1.807, 2.05) is 6.08 Å². The SMILES string of the molecule is CCC/C=C\C/C=C\CCCCCCCC(=O)OCCCCCCCCCCCCC/C=C\C/C=C\CCCCCCCCCCCCCCCCCCCC(=O)NC(CO)C(O)/C=C/CCCCCCCCCCCCCCCCCCCCCCC. The molecule has 0 saturated heterocycles. The molecule has 6 heteroatoms. The number of hydrogen-bond donors (Lipinski definition) is 3. The lowest BCUT2D eigenvalue weighted by atomic mass is 10.0. The van der Waals surface area contributed by atoms with Gasteiger partial charge in [-0.05, 0) is 89.9 Å². The van der Waals surface area contributed by atoms with E-state index >= 15 is 0 Å². The fraction of sp³-hybridized carbons (Fsp3) is 0.854. The van der Waals surface area contributed by atoms with E-state index in [9.17, 15) is 19.8 Å². The molecule has 2 unspecified atom stereocenters. The number of rotatable bonds is 74. The lowest BCUT2D eigenvalue weighted by Crippen LogP contribution is -2.45. The van der Waals surface area contributed by atoms with Gasteiger partial charge in [-0.15, -0.1) is 0 Å². The average Bonchev–Trinajstić information content (AvgIpc) is 3.53. The number of nitrogens with one attached hydrogen (secondary N) is 1. The Morgan fingerprint density at radius 2 is 0.591 bits per heavy atom. The topological polar surface area (TPSA) is 95.9 Å². The highest BCUT2D eigenvalue weighted by Crippen LogP contribution is 2.19. The minimum atomic E-state index is -0.845. The third kappa shape index (κ3) is 72.6. The summed E-state index contributed by atoms with van der Waals surface area (Å²) in [6.45, 7) is 4.87. The van der Waals surface area contributed by atoms with Crippen LogP contribution in [0.3, 0.4) is 0 Å². The summed E-state index contributed by atoms with van der Waals surface area (Å²) in [6, 6.07) is -0.628. The number of carbonyl (C=O) groups excluding carboxylic acids is 2. The smallest absolute Gasteiger partial charge is 0.305 e.